The number of aromatic nitrogens is 3. The van der Waals surface area contributed by atoms with Crippen molar-refractivity contribution in [3.05, 3.63) is 47.6 Å². The normalized spacial score (nSPS) is 18.1. The van der Waals surface area contributed by atoms with Crippen LogP contribution in [0.1, 0.15) is 23.8 Å². The van der Waals surface area contributed by atoms with Gasteiger partial charge < -0.3 is 5.11 Å². The fraction of sp³-hybridized carbons (Fsp3) is 0.300. The third-order valence-electron chi connectivity index (χ3n) is 5.21. The highest BCUT2D eigenvalue weighted by atomic mass is 32.1. The Kier molecular flexibility index (Phi) is 3.61. The number of hydrogen-bond acceptors (Lipinski definition) is 4. The molecule has 3 heterocycles. The van der Waals surface area contributed by atoms with E-state index in [1.165, 1.54) is 11.3 Å². The molecule has 1 fully saturated rings. The first-order valence-electron chi connectivity index (χ1n) is 8.77. The van der Waals surface area contributed by atoms with E-state index >= 15 is 0 Å². The molecule has 0 spiro atoms. The van der Waals surface area contributed by atoms with Crippen molar-refractivity contribution < 1.29 is 13.9 Å². The van der Waals surface area contributed by atoms with E-state index in [1.807, 2.05) is 31.4 Å². The van der Waals surface area contributed by atoms with Crippen molar-refractivity contribution in [3.63, 3.8) is 0 Å². The van der Waals surface area contributed by atoms with Crippen LogP contribution in [0.25, 0.3) is 32.2 Å². The molecule has 0 radical (unpaired) electrons. The Morgan fingerprint density at radius 2 is 2.00 bits per heavy atom. The number of hydrogen-bond donors (Lipinski definition) is 1. The van der Waals surface area contributed by atoms with E-state index in [4.69, 9.17) is 0 Å². The van der Waals surface area contributed by atoms with Gasteiger partial charge in [-0.1, -0.05) is 12.1 Å². The van der Waals surface area contributed by atoms with Crippen molar-refractivity contribution in [1.29, 1.82) is 0 Å². The number of aryl methyl sites for hydroxylation is 1. The maximum Gasteiger partial charge on any atom is 0.248 e. The van der Waals surface area contributed by atoms with Gasteiger partial charge in [0.05, 0.1) is 6.10 Å². The maximum absolute atomic E-state index is 13.1. The Morgan fingerprint density at radius 3 is 2.78 bits per heavy atom. The number of thiophene rings is 1. The third kappa shape index (κ3) is 2.91. The number of rotatable bonds is 3. The van der Waals surface area contributed by atoms with Crippen LogP contribution >= 0.6 is 11.3 Å². The first-order valence-corrected chi connectivity index (χ1v) is 9.59. The molecule has 138 valence electrons. The number of fused-ring (bicyclic) bond motifs is 2. The van der Waals surface area contributed by atoms with Crippen molar-refractivity contribution in [3.8, 4) is 11.1 Å². The van der Waals surface area contributed by atoms with E-state index in [9.17, 15) is 13.9 Å². The fourth-order valence-corrected chi connectivity index (χ4v) is 4.91. The molecule has 1 aromatic carbocycles. The molecule has 0 bridgehead atoms. The summed E-state index contributed by atoms with van der Waals surface area (Å²) in [6, 6.07) is 10.0. The molecule has 7 heteroatoms. The van der Waals surface area contributed by atoms with E-state index in [-0.39, 0.29) is 18.8 Å². The predicted octanol–water partition coefficient (Wildman–Crippen LogP) is 4.93. The Bertz CT molecular complexity index is 1160. The van der Waals surface area contributed by atoms with Crippen LogP contribution < -0.4 is 0 Å². The molecule has 4 nitrogen and oxygen atoms in total. The summed E-state index contributed by atoms with van der Waals surface area (Å²) in [7, 11) is 1.86. The van der Waals surface area contributed by atoms with Crippen molar-refractivity contribution in [2.24, 2.45) is 13.0 Å². The summed E-state index contributed by atoms with van der Waals surface area (Å²) in [6.45, 7) is 0. The van der Waals surface area contributed by atoms with E-state index < -0.39 is 12.0 Å². The van der Waals surface area contributed by atoms with Crippen molar-refractivity contribution in [2.75, 3.05) is 0 Å². The lowest BCUT2D eigenvalue weighted by Crippen LogP contribution is -2.38. The average Bonchev–Trinajstić information content (AvgIpc) is 3.19. The molecule has 4 aromatic rings. The molecule has 3 aromatic heterocycles. The maximum atomic E-state index is 13.1. The van der Waals surface area contributed by atoms with E-state index in [0.717, 1.165) is 31.5 Å². The molecular weight excluding hydrogens is 368 g/mol. The summed E-state index contributed by atoms with van der Waals surface area (Å²) in [4.78, 5) is 5.16. The smallest absolute Gasteiger partial charge is 0.248 e. The molecule has 0 unspecified atom stereocenters. The Morgan fingerprint density at radius 1 is 1.19 bits per heavy atom. The first kappa shape index (κ1) is 16.8. The van der Waals surface area contributed by atoms with Crippen molar-refractivity contribution in [1.82, 2.24) is 14.8 Å². The summed E-state index contributed by atoms with van der Waals surface area (Å²) in [5.41, 5.74) is 2.73. The number of benzene rings is 1. The van der Waals surface area contributed by atoms with Gasteiger partial charge in [0, 0.05) is 58.7 Å². The van der Waals surface area contributed by atoms with Gasteiger partial charge in [0.1, 0.15) is 0 Å². The minimum atomic E-state index is -2.62. The molecule has 1 aliphatic rings. The second-order valence-electron chi connectivity index (χ2n) is 7.31. The van der Waals surface area contributed by atoms with Crippen LogP contribution in [-0.2, 0) is 7.05 Å². The highest BCUT2D eigenvalue weighted by Crippen LogP contribution is 2.49. The Balaban J connectivity index is 1.47. The van der Waals surface area contributed by atoms with Gasteiger partial charge in [-0.25, -0.2) is 13.8 Å². The van der Waals surface area contributed by atoms with Gasteiger partial charge >= 0.3 is 0 Å². The molecular formula is C20H17F2N3OS. The summed E-state index contributed by atoms with van der Waals surface area (Å²) in [5, 5.41) is 16.7. The third-order valence-corrected chi connectivity index (χ3v) is 6.37. The van der Waals surface area contributed by atoms with Gasteiger partial charge in [-0.15, -0.1) is 11.3 Å². The molecule has 1 N–H and O–H groups in total. The molecule has 1 aliphatic carbocycles. The quantitative estimate of drug-likeness (QED) is 0.544. The lowest BCUT2D eigenvalue weighted by Gasteiger charge is -2.37. The highest BCUT2D eigenvalue weighted by molar-refractivity contribution is 7.19. The average molecular weight is 385 g/mol. The van der Waals surface area contributed by atoms with Gasteiger partial charge in [-0.3, -0.25) is 4.68 Å². The molecule has 5 rings (SSSR count). The van der Waals surface area contributed by atoms with E-state index in [0.29, 0.717) is 5.65 Å². The lowest BCUT2D eigenvalue weighted by molar-refractivity contribution is -0.141. The number of pyridine rings is 1. The largest absolute Gasteiger partial charge is 0.387 e. The van der Waals surface area contributed by atoms with Gasteiger partial charge in [0.25, 0.3) is 0 Å². The number of alkyl halides is 2. The van der Waals surface area contributed by atoms with Crippen LogP contribution in [-0.4, -0.2) is 25.8 Å². The highest BCUT2D eigenvalue weighted by Gasteiger charge is 2.48. The topological polar surface area (TPSA) is 50.9 Å². The molecule has 1 atom stereocenters. The molecule has 0 amide bonds. The van der Waals surface area contributed by atoms with E-state index in [2.05, 4.69) is 22.2 Å². The van der Waals surface area contributed by atoms with Crippen LogP contribution in [0.15, 0.2) is 42.7 Å². The summed E-state index contributed by atoms with van der Waals surface area (Å²) in [6.07, 6.45) is 2.45. The Hall–Kier alpha value is -2.38. The number of aliphatic hydroxyl groups is 1. The van der Waals surface area contributed by atoms with Crippen molar-refractivity contribution >= 4 is 32.5 Å². The standard InChI is InChI=1S/C20H17F2N3OS/c1-25-10-14-4-13(9-23-19(14)24-25)11-2-3-12-6-17(27-16(12)5-11)18(26)15-7-20(21,22)8-15/h2-6,9-10,15,18,26H,7-8H2,1H3/t18-/m1/s1. The Labute approximate surface area is 158 Å². The summed E-state index contributed by atoms with van der Waals surface area (Å²) < 4.78 is 29.0. The molecule has 0 aliphatic heterocycles. The number of aliphatic hydroxyl groups excluding tert-OH is 1. The van der Waals surface area contributed by atoms with Crippen molar-refractivity contribution in [2.45, 2.75) is 24.9 Å². The second kappa shape index (κ2) is 5.81. The summed E-state index contributed by atoms with van der Waals surface area (Å²) >= 11 is 1.47. The number of halogens is 2. The van der Waals surface area contributed by atoms with Crippen LogP contribution in [0.2, 0.25) is 0 Å². The number of nitrogens with zero attached hydrogens (tertiary/aromatic N) is 3. The van der Waals surface area contributed by atoms with Gasteiger partial charge in [0.15, 0.2) is 5.65 Å². The van der Waals surface area contributed by atoms with Crippen LogP contribution in [0.4, 0.5) is 8.78 Å². The molecule has 0 saturated heterocycles. The monoisotopic (exact) mass is 385 g/mol. The molecule has 1 saturated carbocycles. The van der Waals surface area contributed by atoms with Crippen LogP contribution in [0.5, 0.6) is 0 Å². The lowest BCUT2D eigenvalue weighted by atomic mass is 9.77. The zero-order valence-electron chi connectivity index (χ0n) is 14.6. The fourth-order valence-electron chi connectivity index (χ4n) is 3.73. The zero-order valence-corrected chi connectivity index (χ0v) is 15.4. The zero-order chi connectivity index (χ0) is 18.8. The minimum Gasteiger partial charge on any atom is -0.387 e. The van der Waals surface area contributed by atoms with E-state index in [1.54, 1.807) is 10.9 Å². The van der Waals surface area contributed by atoms with Gasteiger partial charge in [-0.05, 0) is 29.1 Å². The first-order chi connectivity index (χ1) is 12.9. The SMILES string of the molecule is Cn1cc2cc(-c3ccc4cc([C@H](O)C5CC(F)(F)C5)sc4c3)cnc2n1. The van der Waals surface area contributed by atoms with Crippen LogP contribution in [0.3, 0.4) is 0 Å². The second-order valence-corrected chi connectivity index (χ2v) is 8.43. The molecule has 27 heavy (non-hydrogen) atoms. The minimum absolute atomic E-state index is 0.232. The van der Waals surface area contributed by atoms with Gasteiger partial charge in [0.2, 0.25) is 5.92 Å². The van der Waals surface area contributed by atoms with Gasteiger partial charge in [-0.2, -0.15) is 5.10 Å². The van der Waals surface area contributed by atoms with Crippen LogP contribution in [0, 0.1) is 5.92 Å². The summed E-state index contributed by atoms with van der Waals surface area (Å²) in [5.74, 6) is -2.97. The predicted molar refractivity (Wildman–Crippen MR) is 102 cm³/mol.